The van der Waals surface area contributed by atoms with E-state index in [4.69, 9.17) is 13.9 Å². The molecule has 0 bridgehead atoms. The van der Waals surface area contributed by atoms with E-state index in [9.17, 15) is 4.79 Å². The van der Waals surface area contributed by atoms with Crippen LogP contribution in [0, 0.1) is 0 Å². The number of hydrogen-bond acceptors (Lipinski definition) is 5. The number of fused-ring (bicyclic) bond motifs is 2. The Kier molecular flexibility index (Phi) is 4.92. The predicted octanol–water partition coefficient (Wildman–Crippen LogP) is 4.62. The molecule has 0 saturated carbocycles. The van der Waals surface area contributed by atoms with E-state index in [-0.39, 0.29) is 5.76 Å². The van der Waals surface area contributed by atoms with Crippen molar-refractivity contribution in [3.63, 3.8) is 0 Å². The number of aryl methyl sites for hydroxylation is 1. The molecule has 0 spiro atoms. The Labute approximate surface area is 165 Å². The van der Waals surface area contributed by atoms with E-state index in [0.29, 0.717) is 29.3 Å². The van der Waals surface area contributed by atoms with E-state index in [1.165, 1.54) is 11.3 Å². The molecular weight excluding hydrogens is 376 g/mol. The van der Waals surface area contributed by atoms with Crippen LogP contribution in [0.3, 0.4) is 0 Å². The zero-order valence-corrected chi connectivity index (χ0v) is 16.7. The third kappa shape index (κ3) is 3.07. The van der Waals surface area contributed by atoms with Gasteiger partial charge in [0.25, 0.3) is 0 Å². The largest absolute Gasteiger partial charge is 0.495 e. The standard InChI is InChI=1S/C21H20N2O4S/c1-4-23-18-14(25-3)9-7-11-17(18)28-21(23)22-20(24)16-12-13-8-6-10-15(26-5-2)19(13)27-16/h6-12H,4-5H2,1-3H3. The maximum atomic E-state index is 12.8. The van der Waals surface area contributed by atoms with E-state index in [1.54, 1.807) is 13.2 Å². The van der Waals surface area contributed by atoms with Crippen LogP contribution in [0.1, 0.15) is 24.4 Å². The van der Waals surface area contributed by atoms with Crippen molar-refractivity contribution in [2.75, 3.05) is 13.7 Å². The number of methoxy groups -OCH3 is 1. The van der Waals surface area contributed by atoms with Gasteiger partial charge in [0.05, 0.1) is 18.4 Å². The molecule has 144 valence electrons. The summed E-state index contributed by atoms with van der Waals surface area (Å²) in [5.41, 5.74) is 1.50. The average molecular weight is 396 g/mol. The molecule has 0 fully saturated rings. The van der Waals surface area contributed by atoms with Crippen LogP contribution in [0.15, 0.2) is 51.9 Å². The van der Waals surface area contributed by atoms with Gasteiger partial charge in [-0.25, -0.2) is 0 Å². The highest BCUT2D eigenvalue weighted by Gasteiger charge is 2.16. The Morgan fingerprint density at radius 1 is 1.18 bits per heavy atom. The number of carbonyl (C=O) groups is 1. The first-order valence-electron chi connectivity index (χ1n) is 9.07. The number of nitrogens with zero attached hydrogens (tertiary/aromatic N) is 2. The Hall–Kier alpha value is -3.06. The van der Waals surface area contributed by atoms with Crippen molar-refractivity contribution in [1.82, 2.24) is 4.57 Å². The SMILES string of the molecule is CCOc1cccc2cc(C(=O)N=c3sc4cccc(OC)c4n3CC)oc12. The third-order valence-corrected chi connectivity index (χ3v) is 5.46. The van der Waals surface area contributed by atoms with Gasteiger partial charge in [0, 0.05) is 11.9 Å². The molecule has 0 N–H and O–H groups in total. The molecule has 0 radical (unpaired) electrons. The predicted molar refractivity (Wildman–Crippen MR) is 109 cm³/mol. The Bertz CT molecular complexity index is 1230. The van der Waals surface area contributed by atoms with Crippen molar-refractivity contribution in [1.29, 1.82) is 0 Å². The van der Waals surface area contributed by atoms with E-state index in [1.807, 2.05) is 54.8 Å². The number of benzene rings is 2. The highest BCUT2D eigenvalue weighted by molar-refractivity contribution is 7.16. The fourth-order valence-electron chi connectivity index (χ4n) is 3.19. The summed E-state index contributed by atoms with van der Waals surface area (Å²) in [7, 11) is 1.64. The fraction of sp³-hybridized carbons (Fsp3) is 0.238. The van der Waals surface area contributed by atoms with Gasteiger partial charge in [0.1, 0.15) is 11.3 Å². The third-order valence-electron chi connectivity index (χ3n) is 4.42. The van der Waals surface area contributed by atoms with Crippen LogP contribution in [0.4, 0.5) is 0 Å². The monoisotopic (exact) mass is 396 g/mol. The lowest BCUT2D eigenvalue weighted by Crippen LogP contribution is -2.16. The Morgan fingerprint density at radius 2 is 1.96 bits per heavy atom. The van der Waals surface area contributed by atoms with Crippen molar-refractivity contribution in [2.24, 2.45) is 4.99 Å². The highest BCUT2D eigenvalue weighted by atomic mass is 32.1. The van der Waals surface area contributed by atoms with E-state index >= 15 is 0 Å². The molecule has 0 atom stereocenters. The summed E-state index contributed by atoms with van der Waals surface area (Å²) in [5.74, 6) is 1.14. The van der Waals surface area contributed by atoms with Crippen molar-refractivity contribution in [2.45, 2.75) is 20.4 Å². The molecule has 0 unspecified atom stereocenters. The molecule has 0 aliphatic rings. The van der Waals surface area contributed by atoms with E-state index in [2.05, 4.69) is 4.99 Å². The fourth-order valence-corrected chi connectivity index (χ4v) is 4.30. The molecular formula is C21H20N2O4S. The summed E-state index contributed by atoms with van der Waals surface area (Å²) in [4.78, 5) is 17.8. The number of furan rings is 1. The zero-order chi connectivity index (χ0) is 19.7. The lowest BCUT2D eigenvalue weighted by Gasteiger charge is -2.05. The summed E-state index contributed by atoms with van der Waals surface area (Å²) in [6, 6.07) is 13.1. The first-order valence-corrected chi connectivity index (χ1v) is 9.88. The molecule has 0 aliphatic carbocycles. The average Bonchev–Trinajstić information content (AvgIpc) is 3.29. The summed E-state index contributed by atoms with van der Waals surface area (Å²) in [5, 5.41) is 0.811. The second kappa shape index (κ2) is 7.52. The maximum absolute atomic E-state index is 12.8. The molecule has 2 aromatic heterocycles. The molecule has 4 aromatic rings. The van der Waals surface area contributed by atoms with Crippen LogP contribution >= 0.6 is 11.3 Å². The summed E-state index contributed by atoms with van der Waals surface area (Å²) >= 11 is 1.45. The maximum Gasteiger partial charge on any atom is 0.315 e. The van der Waals surface area contributed by atoms with E-state index in [0.717, 1.165) is 21.4 Å². The molecule has 1 amide bonds. The molecule has 6 nitrogen and oxygen atoms in total. The topological polar surface area (TPSA) is 66.0 Å². The zero-order valence-electron chi connectivity index (χ0n) is 15.9. The lowest BCUT2D eigenvalue weighted by atomic mass is 10.2. The van der Waals surface area contributed by atoms with Gasteiger partial charge in [0.15, 0.2) is 21.9 Å². The van der Waals surface area contributed by atoms with Gasteiger partial charge < -0.3 is 18.5 Å². The van der Waals surface area contributed by atoms with Gasteiger partial charge in [-0.05, 0) is 38.1 Å². The summed E-state index contributed by atoms with van der Waals surface area (Å²) in [6.45, 7) is 5.11. The van der Waals surface area contributed by atoms with E-state index < -0.39 is 5.91 Å². The van der Waals surface area contributed by atoms with Gasteiger partial charge in [-0.15, -0.1) is 0 Å². The highest BCUT2D eigenvalue weighted by Crippen LogP contribution is 2.30. The van der Waals surface area contributed by atoms with Gasteiger partial charge in [-0.2, -0.15) is 4.99 Å². The molecule has 2 aromatic carbocycles. The molecule has 7 heteroatoms. The summed E-state index contributed by atoms with van der Waals surface area (Å²) < 4.78 is 19.8. The number of rotatable bonds is 5. The quantitative estimate of drug-likeness (QED) is 0.494. The van der Waals surface area contributed by atoms with Gasteiger partial charge in [-0.1, -0.05) is 29.5 Å². The number of hydrogen-bond donors (Lipinski definition) is 0. The summed E-state index contributed by atoms with van der Waals surface area (Å²) in [6.07, 6.45) is 0. The number of aromatic nitrogens is 1. The number of amides is 1. The van der Waals surface area contributed by atoms with Crippen molar-refractivity contribution in [3.05, 3.63) is 53.0 Å². The first-order chi connectivity index (χ1) is 13.7. The number of para-hydroxylation sites is 2. The molecule has 2 heterocycles. The van der Waals surface area contributed by atoms with Crippen LogP contribution < -0.4 is 14.3 Å². The normalized spacial score (nSPS) is 12.0. The Morgan fingerprint density at radius 3 is 2.71 bits per heavy atom. The van der Waals surface area contributed by atoms with Gasteiger partial charge in [-0.3, -0.25) is 4.79 Å². The molecule has 28 heavy (non-hydrogen) atoms. The Balaban J connectivity index is 1.82. The molecule has 4 rings (SSSR count). The minimum Gasteiger partial charge on any atom is -0.495 e. The van der Waals surface area contributed by atoms with Gasteiger partial charge in [0.2, 0.25) is 0 Å². The van der Waals surface area contributed by atoms with Crippen LogP contribution in [0.5, 0.6) is 11.5 Å². The van der Waals surface area contributed by atoms with Crippen LogP contribution in [-0.4, -0.2) is 24.2 Å². The molecule has 0 aliphatic heterocycles. The van der Waals surface area contributed by atoms with Crippen LogP contribution in [-0.2, 0) is 6.54 Å². The number of thiazole rings is 1. The minimum atomic E-state index is -0.425. The lowest BCUT2D eigenvalue weighted by molar-refractivity contribution is 0.0973. The van der Waals surface area contributed by atoms with Crippen molar-refractivity contribution >= 4 is 38.4 Å². The smallest absolute Gasteiger partial charge is 0.315 e. The van der Waals surface area contributed by atoms with Crippen molar-refractivity contribution < 1.29 is 18.7 Å². The number of carbonyl (C=O) groups excluding carboxylic acids is 1. The first kappa shape index (κ1) is 18.3. The second-order valence-corrected chi connectivity index (χ2v) is 7.08. The van der Waals surface area contributed by atoms with Crippen LogP contribution in [0.25, 0.3) is 21.2 Å². The van der Waals surface area contributed by atoms with Gasteiger partial charge >= 0.3 is 5.91 Å². The second-order valence-electron chi connectivity index (χ2n) is 6.07. The molecule has 0 saturated heterocycles. The number of ether oxygens (including phenoxy) is 2. The van der Waals surface area contributed by atoms with Crippen LogP contribution in [0.2, 0.25) is 0 Å². The minimum absolute atomic E-state index is 0.189. The van der Waals surface area contributed by atoms with Crippen molar-refractivity contribution in [3.8, 4) is 11.5 Å².